The van der Waals surface area contributed by atoms with Crippen molar-refractivity contribution in [3.63, 3.8) is 0 Å². The van der Waals surface area contributed by atoms with E-state index in [1.165, 1.54) is 6.21 Å². The van der Waals surface area contributed by atoms with Gasteiger partial charge < -0.3 is 4.98 Å². The highest BCUT2D eigenvalue weighted by Crippen LogP contribution is 2.27. The molecule has 0 unspecified atom stereocenters. The molecular formula is C25H19N5O. The van der Waals surface area contributed by atoms with Crippen LogP contribution in [0.15, 0.2) is 88.8 Å². The van der Waals surface area contributed by atoms with Crippen molar-refractivity contribution in [2.75, 3.05) is 5.43 Å². The predicted octanol–water partition coefficient (Wildman–Crippen LogP) is 4.89. The summed E-state index contributed by atoms with van der Waals surface area (Å²) in [6.07, 6.45) is 1.49. The van der Waals surface area contributed by atoms with Gasteiger partial charge in [-0.3, -0.25) is 4.79 Å². The summed E-state index contributed by atoms with van der Waals surface area (Å²) >= 11 is 0. The number of aromatic amines is 1. The third kappa shape index (κ3) is 3.67. The third-order valence-electron chi connectivity index (χ3n) is 5.14. The number of anilines is 1. The van der Waals surface area contributed by atoms with Gasteiger partial charge in [-0.2, -0.15) is 5.10 Å². The predicted molar refractivity (Wildman–Crippen MR) is 125 cm³/mol. The second-order valence-corrected chi connectivity index (χ2v) is 7.24. The van der Waals surface area contributed by atoms with Gasteiger partial charge in [-0.05, 0) is 30.0 Å². The lowest BCUT2D eigenvalue weighted by molar-refractivity contribution is 1.15. The third-order valence-corrected chi connectivity index (χ3v) is 5.14. The zero-order valence-electron chi connectivity index (χ0n) is 16.8. The summed E-state index contributed by atoms with van der Waals surface area (Å²) in [5.74, 6) is 0.363. The Morgan fingerprint density at radius 1 is 0.935 bits per heavy atom. The molecule has 0 aliphatic heterocycles. The molecular weight excluding hydrogens is 386 g/mol. The van der Waals surface area contributed by atoms with Gasteiger partial charge >= 0.3 is 0 Å². The maximum absolute atomic E-state index is 12.4. The van der Waals surface area contributed by atoms with Crippen LogP contribution in [0.2, 0.25) is 0 Å². The van der Waals surface area contributed by atoms with E-state index in [-0.39, 0.29) is 5.56 Å². The van der Waals surface area contributed by atoms with Gasteiger partial charge in [-0.1, -0.05) is 66.7 Å². The molecule has 0 amide bonds. The molecule has 31 heavy (non-hydrogen) atoms. The number of para-hydroxylation sites is 2. The number of hydrogen-bond donors (Lipinski definition) is 2. The number of nitrogens with zero attached hydrogens (tertiary/aromatic N) is 3. The first-order chi connectivity index (χ1) is 15.2. The van der Waals surface area contributed by atoms with Gasteiger partial charge in [0.2, 0.25) is 5.95 Å². The average molecular weight is 405 g/mol. The standard InChI is InChI=1S/C25H19N5O/c1-16-8-7-11-18-14-19(24(31)28-22(16)18)15-26-30-25-27-21-13-6-5-12-20(21)23(29-25)17-9-3-2-4-10-17/h2-15H,1H3,(H,28,31)(H,27,29,30)/b26-15+. The summed E-state index contributed by atoms with van der Waals surface area (Å²) in [5, 5.41) is 6.14. The van der Waals surface area contributed by atoms with Gasteiger partial charge in [0.15, 0.2) is 0 Å². The Kier molecular flexibility index (Phi) is 4.72. The average Bonchev–Trinajstić information content (AvgIpc) is 2.80. The molecule has 0 saturated carbocycles. The highest BCUT2D eigenvalue weighted by atomic mass is 16.1. The minimum atomic E-state index is -0.197. The molecule has 5 aromatic rings. The van der Waals surface area contributed by atoms with Crippen molar-refractivity contribution in [1.29, 1.82) is 0 Å². The number of nitrogens with one attached hydrogen (secondary N) is 2. The Labute approximate surface area is 178 Å². The zero-order valence-corrected chi connectivity index (χ0v) is 16.8. The van der Waals surface area contributed by atoms with Gasteiger partial charge in [-0.15, -0.1) is 0 Å². The van der Waals surface area contributed by atoms with Gasteiger partial charge in [0.05, 0.1) is 28.5 Å². The van der Waals surface area contributed by atoms with Crippen molar-refractivity contribution < 1.29 is 0 Å². The molecule has 0 atom stereocenters. The van der Waals surface area contributed by atoms with Crippen molar-refractivity contribution in [3.8, 4) is 11.3 Å². The van der Waals surface area contributed by atoms with E-state index in [1.54, 1.807) is 0 Å². The van der Waals surface area contributed by atoms with Crippen molar-refractivity contribution in [3.05, 3.63) is 100 Å². The summed E-state index contributed by atoms with van der Waals surface area (Å²) in [6, 6.07) is 25.5. The molecule has 2 aromatic heterocycles. The van der Waals surface area contributed by atoms with Crippen LogP contribution >= 0.6 is 0 Å². The van der Waals surface area contributed by atoms with Crippen LogP contribution in [0.25, 0.3) is 33.1 Å². The Bertz CT molecular complexity index is 1490. The first-order valence-electron chi connectivity index (χ1n) is 9.93. The van der Waals surface area contributed by atoms with Crippen LogP contribution in [-0.2, 0) is 0 Å². The highest BCUT2D eigenvalue weighted by molar-refractivity contribution is 5.93. The van der Waals surface area contributed by atoms with Crippen LogP contribution < -0.4 is 11.0 Å². The molecule has 2 N–H and O–H groups in total. The van der Waals surface area contributed by atoms with Crippen molar-refractivity contribution >= 4 is 34.0 Å². The van der Waals surface area contributed by atoms with Crippen molar-refractivity contribution in [2.45, 2.75) is 6.92 Å². The lowest BCUT2D eigenvalue weighted by Crippen LogP contribution is -2.12. The maximum atomic E-state index is 12.4. The van der Waals surface area contributed by atoms with E-state index in [1.807, 2.05) is 85.8 Å². The fourth-order valence-corrected chi connectivity index (χ4v) is 3.60. The van der Waals surface area contributed by atoms with E-state index in [0.29, 0.717) is 11.5 Å². The van der Waals surface area contributed by atoms with Gasteiger partial charge in [0.25, 0.3) is 5.56 Å². The molecule has 150 valence electrons. The molecule has 0 saturated heterocycles. The van der Waals surface area contributed by atoms with E-state index >= 15 is 0 Å². The number of rotatable bonds is 4. The molecule has 0 aliphatic rings. The minimum absolute atomic E-state index is 0.197. The van der Waals surface area contributed by atoms with Crippen LogP contribution in [0.5, 0.6) is 0 Å². The summed E-state index contributed by atoms with van der Waals surface area (Å²) in [5.41, 5.74) is 7.62. The van der Waals surface area contributed by atoms with E-state index in [2.05, 4.69) is 25.5 Å². The monoisotopic (exact) mass is 405 g/mol. The quantitative estimate of drug-likeness (QED) is 0.329. The van der Waals surface area contributed by atoms with Crippen LogP contribution in [0, 0.1) is 6.92 Å². The largest absolute Gasteiger partial charge is 0.321 e. The fraction of sp³-hybridized carbons (Fsp3) is 0.0400. The molecule has 0 aliphatic carbocycles. The minimum Gasteiger partial charge on any atom is -0.321 e. The number of benzene rings is 3. The molecule has 6 nitrogen and oxygen atoms in total. The number of aryl methyl sites for hydroxylation is 1. The maximum Gasteiger partial charge on any atom is 0.257 e. The number of fused-ring (bicyclic) bond motifs is 2. The summed E-state index contributed by atoms with van der Waals surface area (Å²) < 4.78 is 0. The smallest absolute Gasteiger partial charge is 0.257 e. The van der Waals surface area contributed by atoms with E-state index in [4.69, 9.17) is 0 Å². The first-order valence-corrected chi connectivity index (χ1v) is 9.93. The van der Waals surface area contributed by atoms with E-state index in [0.717, 1.165) is 38.6 Å². The Morgan fingerprint density at radius 2 is 1.74 bits per heavy atom. The number of hydrazone groups is 1. The van der Waals surface area contributed by atoms with Gasteiger partial charge in [0, 0.05) is 10.9 Å². The Morgan fingerprint density at radius 3 is 2.61 bits per heavy atom. The topological polar surface area (TPSA) is 83.0 Å². The lowest BCUT2D eigenvalue weighted by atomic mass is 10.1. The van der Waals surface area contributed by atoms with Crippen molar-refractivity contribution in [1.82, 2.24) is 15.0 Å². The number of aromatic nitrogens is 3. The SMILES string of the molecule is Cc1cccc2cc(/C=N/Nc3nc(-c4ccccc4)c4ccccc4n3)c(=O)[nH]c12. The first kappa shape index (κ1) is 18.7. The Hall–Kier alpha value is -4.32. The number of pyridine rings is 1. The van der Waals surface area contributed by atoms with Crippen LogP contribution in [0.1, 0.15) is 11.1 Å². The van der Waals surface area contributed by atoms with Crippen molar-refractivity contribution in [2.24, 2.45) is 5.10 Å². The van der Waals surface area contributed by atoms with Crippen LogP contribution in [-0.4, -0.2) is 21.2 Å². The molecule has 0 bridgehead atoms. The zero-order chi connectivity index (χ0) is 21.2. The van der Waals surface area contributed by atoms with Crippen LogP contribution in [0.3, 0.4) is 0 Å². The van der Waals surface area contributed by atoms with Gasteiger partial charge in [-0.25, -0.2) is 15.4 Å². The summed E-state index contributed by atoms with van der Waals surface area (Å²) in [6.45, 7) is 1.97. The highest BCUT2D eigenvalue weighted by Gasteiger charge is 2.09. The van der Waals surface area contributed by atoms with Gasteiger partial charge in [0.1, 0.15) is 0 Å². The molecule has 0 fully saturated rings. The molecule has 5 rings (SSSR count). The van der Waals surface area contributed by atoms with Crippen LogP contribution in [0.4, 0.5) is 5.95 Å². The summed E-state index contributed by atoms with van der Waals surface area (Å²) in [7, 11) is 0. The van der Waals surface area contributed by atoms with E-state index < -0.39 is 0 Å². The van der Waals surface area contributed by atoms with E-state index in [9.17, 15) is 4.79 Å². The number of H-pyrrole nitrogens is 1. The normalized spacial score (nSPS) is 11.4. The number of hydrogen-bond acceptors (Lipinski definition) is 5. The molecule has 0 radical (unpaired) electrons. The summed E-state index contributed by atoms with van der Waals surface area (Å²) in [4.78, 5) is 24.6. The fourth-order valence-electron chi connectivity index (χ4n) is 3.60. The second-order valence-electron chi connectivity index (χ2n) is 7.24. The Balaban J connectivity index is 1.50. The molecule has 2 heterocycles. The molecule has 6 heteroatoms. The second kappa shape index (κ2) is 7.84. The molecule has 0 spiro atoms. The lowest BCUT2D eigenvalue weighted by Gasteiger charge is -2.08. The molecule has 3 aromatic carbocycles.